The van der Waals surface area contributed by atoms with Gasteiger partial charge in [-0.15, -0.1) is 0 Å². The van der Waals surface area contributed by atoms with Gasteiger partial charge in [0.05, 0.1) is 6.42 Å². The second-order valence-electron chi connectivity index (χ2n) is 9.61. The standard InChI is InChI=1S/C27H50N6O7/c28-16-4-1-5-17-29-22(34)10-11-23(35)30-18-6-2-7-19-31-24(36)12-13-25(37)32-20-8-3-9-21-33-26(38)14-15-27(39)40/h1-21,28H2,(H,29,34)(H,30,35)(H,31,36)(H,32,37)(H,33,38)(H,39,40). The Morgan fingerprint density at radius 1 is 0.400 bits per heavy atom. The minimum atomic E-state index is -1.00. The molecule has 0 radical (unpaired) electrons. The van der Waals surface area contributed by atoms with Crippen molar-refractivity contribution < 1.29 is 33.9 Å². The van der Waals surface area contributed by atoms with Gasteiger partial charge in [-0.2, -0.15) is 0 Å². The molecule has 13 nitrogen and oxygen atoms in total. The summed E-state index contributed by atoms with van der Waals surface area (Å²) in [5, 5.41) is 22.3. The minimum Gasteiger partial charge on any atom is -0.481 e. The van der Waals surface area contributed by atoms with Crippen LogP contribution >= 0.6 is 0 Å². The van der Waals surface area contributed by atoms with Crippen LogP contribution in [0.5, 0.6) is 0 Å². The molecule has 5 amide bonds. The minimum absolute atomic E-state index is 0.0286. The summed E-state index contributed by atoms with van der Waals surface area (Å²) in [6.07, 6.45) is 7.81. The molecule has 0 aromatic rings. The number of aliphatic carboxylic acids is 1. The fourth-order valence-corrected chi connectivity index (χ4v) is 3.56. The average molecular weight is 571 g/mol. The van der Waals surface area contributed by atoms with Crippen molar-refractivity contribution >= 4 is 35.5 Å². The lowest BCUT2D eigenvalue weighted by molar-refractivity contribution is -0.138. The van der Waals surface area contributed by atoms with E-state index in [9.17, 15) is 28.8 Å². The highest BCUT2D eigenvalue weighted by Gasteiger charge is 2.08. The Bertz CT molecular complexity index is 764. The van der Waals surface area contributed by atoms with Gasteiger partial charge in [-0.1, -0.05) is 6.42 Å². The van der Waals surface area contributed by atoms with Crippen LogP contribution in [-0.4, -0.2) is 79.9 Å². The first-order valence-electron chi connectivity index (χ1n) is 14.5. The van der Waals surface area contributed by atoms with Gasteiger partial charge in [0.15, 0.2) is 0 Å². The van der Waals surface area contributed by atoms with E-state index >= 15 is 0 Å². The Labute approximate surface area is 237 Å². The molecule has 8 N–H and O–H groups in total. The zero-order valence-corrected chi connectivity index (χ0v) is 23.8. The molecule has 230 valence electrons. The van der Waals surface area contributed by atoms with Gasteiger partial charge in [0.1, 0.15) is 0 Å². The van der Waals surface area contributed by atoms with Gasteiger partial charge in [0, 0.05) is 64.8 Å². The van der Waals surface area contributed by atoms with Gasteiger partial charge in [0.2, 0.25) is 29.5 Å². The number of rotatable bonds is 26. The van der Waals surface area contributed by atoms with Gasteiger partial charge in [0.25, 0.3) is 0 Å². The lowest BCUT2D eigenvalue weighted by Gasteiger charge is -2.08. The SMILES string of the molecule is NCCCCCNC(=O)CCC(=O)NCCCCCNC(=O)CCC(=O)NCCCCCNC(=O)CCC(=O)O. The number of amides is 5. The highest BCUT2D eigenvalue weighted by molar-refractivity contribution is 5.84. The van der Waals surface area contributed by atoms with Crippen LogP contribution < -0.4 is 32.3 Å². The summed E-state index contributed by atoms with van der Waals surface area (Å²) < 4.78 is 0. The molecule has 0 rings (SSSR count). The highest BCUT2D eigenvalue weighted by Crippen LogP contribution is 1.98. The number of carbonyl (C=O) groups excluding carboxylic acids is 5. The number of carboxylic acids is 1. The van der Waals surface area contributed by atoms with Crippen LogP contribution in [0, 0.1) is 0 Å². The third kappa shape index (κ3) is 26.4. The first-order chi connectivity index (χ1) is 19.2. The molecule has 0 saturated heterocycles. The van der Waals surface area contributed by atoms with E-state index in [-0.39, 0.29) is 68.1 Å². The fourth-order valence-electron chi connectivity index (χ4n) is 3.56. The number of hydrogen-bond donors (Lipinski definition) is 7. The summed E-state index contributed by atoms with van der Waals surface area (Å²) >= 11 is 0. The van der Waals surface area contributed by atoms with Gasteiger partial charge in [-0.25, -0.2) is 0 Å². The van der Waals surface area contributed by atoms with Crippen LogP contribution in [-0.2, 0) is 28.8 Å². The zero-order valence-electron chi connectivity index (χ0n) is 23.8. The van der Waals surface area contributed by atoms with E-state index in [1.165, 1.54) is 0 Å². The number of carboxylic acid groups (broad SMARTS) is 1. The summed E-state index contributed by atoms with van der Waals surface area (Å²) in [6.45, 7) is 3.25. The van der Waals surface area contributed by atoms with E-state index in [1.807, 2.05) is 0 Å². The van der Waals surface area contributed by atoms with Crippen LogP contribution in [0.15, 0.2) is 0 Å². The van der Waals surface area contributed by atoms with Crippen molar-refractivity contribution in [1.29, 1.82) is 0 Å². The van der Waals surface area contributed by atoms with E-state index < -0.39 is 5.97 Å². The van der Waals surface area contributed by atoms with Gasteiger partial charge in [-0.3, -0.25) is 28.8 Å². The maximum Gasteiger partial charge on any atom is 0.303 e. The number of carbonyl (C=O) groups is 6. The van der Waals surface area contributed by atoms with Crippen molar-refractivity contribution in [3.8, 4) is 0 Å². The third-order valence-corrected chi connectivity index (χ3v) is 5.92. The Morgan fingerprint density at radius 2 is 0.650 bits per heavy atom. The number of unbranched alkanes of at least 4 members (excludes halogenated alkanes) is 6. The predicted octanol–water partition coefficient (Wildman–Crippen LogP) is 0.462. The number of hydrogen-bond acceptors (Lipinski definition) is 7. The summed E-state index contributed by atoms with van der Waals surface area (Å²) in [5.74, 6) is -1.92. The van der Waals surface area contributed by atoms with E-state index in [4.69, 9.17) is 10.8 Å². The maximum absolute atomic E-state index is 11.9. The van der Waals surface area contributed by atoms with Crippen molar-refractivity contribution in [1.82, 2.24) is 26.6 Å². The molecule has 13 heteroatoms. The van der Waals surface area contributed by atoms with Crippen molar-refractivity contribution in [3.63, 3.8) is 0 Å². The first-order valence-corrected chi connectivity index (χ1v) is 14.5. The summed E-state index contributed by atoms with van der Waals surface area (Å²) in [5.41, 5.74) is 5.42. The Balaban J connectivity index is 3.53. The zero-order chi connectivity index (χ0) is 29.8. The molecule has 0 aromatic heterocycles. The highest BCUT2D eigenvalue weighted by atomic mass is 16.4. The topological polar surface area (TPSA) is 209 Å². The summed E-state index contributed by atoms with van der Waals surface area (Å²) in [7, 11) is 0. The van der Waals surface area contributed by atoms with Crippen molar-refractivity contribution in [3.05, 3.63) is 0 Å². The quantitative estimate of drug-likeness (QED) is 0.0725. The lowest BCUT2D eigenvalue weighted by Crippen LogP contribution is -2.29. The molecule has 0 atom stereocenters. The second-order valence-corrected chi connectivity index (χ2v) is 9.61. The molecular formula is C27H50N6O7. The molecule has 0 fully saturated rings. The number of nitrogens with one attached hydrogen (secondary N) is 5. The molecular weight excluding hydrogens is 520 g/mol. The van der Waals surface area contributed by atoms with Gasteiger partial charge < -0.3 is 37.4 Å². The molecule has 0 heterocycles. The Kier molecular flexibility index (Phi) is 23.9. The molecule has 0 aromatic carbocycles. The van der Waals surface area contributed by atoms with Crippen molar-refractivity contribution in [2.45, 2.75) is 96.3 Å². The molecule has 0 bridgehead atoms. The lowest BCUT2D eigenvalue weighted by atomic mass is 10.2. The third-order valence-electron chi connectivity index (χ3n) is 5.92. The molecule has 0 aliphatic carbocycles. The van der Waals surface area contributed by atoms with E-state index in [2.05, 4.69) is 26.6 Å². The Morgan fingerprint density at radius 3 is 0.900 bits per heavy atom. The van der Waals surface area contributed by atoms with E-state index in [0.717, 1.165) is 57.8 Å². The van der Waals surface area contributed by atoms with Crippen LogP contribution in [0.25, 0.3) is 0 Å². The van der Waals surface area contributed by atoms with E-state index in [0.29, 0.717) is 39.3 Å². The largest absolute Gasteiger partial charge is 0.481 e. The smallest absolute Gasteiger partial charge is 0.303 e. The fraction of sp³-hybridized carbons (Fsp3) is 0.778. The molecule has 0 saturated carbocycles. The number of nitrogens with two attached hydrogens (primary N) is 1. The average Bonchev–Trinajstić information content (AvgIpc) is 2.92. The normalized spacial score (nSPS) is 10.4. The van der Waals surface area contributed by atoms with Crippen LogP contribution in [0.1, 0.15) is 96.3 Å². The molecule has 0 aliphatic rings. The monoisotopic (exact) mass is 570 g/mol. The van der Waals surface area contributed by atoms with Crippen LogP contribution in [0.4, 0.5) is 0 Å². The van der Waals surface area contributed by atoms with Gasteiger partial charge in [-0.05, 0) is 57.9 Å². The van der Waals surface area contributed by atoms with Crippen molar-refractivity contribution in [2.75, 3.05) is 39.3 Å². The summed E-state index contributed by atoms with van der Waals surface area (Å²) in [6, 6.07) is 0. The Hall–Kier alpha value is -3.22. The van der Waals surface area contributed by atoms with Crippen LogP contribution in [0.2, 0.25) is 0 Å². The van der Waals surface area contributed by atoms with E-state index in [1.54, 1.807) is 0 Å². The maximum atomic E-state index is 11.9. The molecule has 0 aliphatic heterocycles. The first kappa shape index (κ1) is 36.8. The second kappa shape index (κ2) is 26.0. The predicted molar refractivity (Wildman–Crippen MR) is 151 cm³/mol. The summed E-state index contributed by atoms with van der Waals surface area (Å²) in [4.78, 5) is 69.1. The van der Waals surface area contributed by atoms with Gasteiger partial charge >= 0.3 is 5.97 Å². The van der Waals surface area contributed by atoms with Crippen molar-refractivity contribution in [2.24, 2.45) is 5.73 Å². The molecule has 40 heavy (non-hydrogen) atoms. The van der Waals surface area contributed by atoms with Crippen LogP contribution in [0.3, 0.4) is 0 Å². The molecule has 0 unspecified atom stereocenters. The molecule has 0 spiro atoms.